The second kappa shape index (κ2) is 6.94. The van der Waals surface area contributed by atoms with Crippen molar-refractivity contribution >= 4 is 0 Å². The summed E-state index contributed by atoms with van der Waals surface area (Å²) in [7, 11) is 0. The average molecular weight is 247 g/mol. The molecule has 18 heavy (non-hydrogen) atoms. The van der Waals surface area contributed by atoms with Crippen molar-refractivity contribution in [2.24, 2.45) is 11.8 Å². The van der Waals surface area contributed by atoms with E-state index in [4.69, 9.17) is 0 Å². The molecule has 1 nitrogen and oxygen atoms in total. The Labute approximate surface area is 113 Å². The maximum Gasteiger partial charge on any atom is 0.0135 e. The first-order valence-electron chi connectivity index (χ1n) is 7.24. The molecular formula is C17H29N. The fourth-order valence-electron chi connectivity index (χ4n) is 2.61. The van der Waals surface area contributed by atoms with Crippen LogP contribution in [0.5, 0.6) is 0 Å². The van der Waals surface area contributed by atoms with Crippen molar-refractivity contribution in [1.82, 2.24) is 5.32 Å². The quantitative estimate of drug-likeness (QED) is 0.797. The molecule has 0 saturated carbocycles. The number of nitrogens with one attached hydrogen (secondary N) is 1. The number of hydrogen-bond donors (Lipinski definition) is 1. The third kappa shape index (κ3) is 4.45. The normalized spacial score (nSPS) is 14.8. The van der Waals surface area contributed by atoms with Gasteiger partial charge in [0.1, 0.15) is 0 Å². The van der Waals surface area contributed by atoms with Gasteiger partial charge in [-0.05, 0) is 44.2 Å². The van der Waals surface area contributed by atoms with E-state index in [-0.39, 0.29) is 0 Å². The molecule has 0 bridgehead atoms. The zero-order valence-electron chi connectivity index (χ0n) is 12.9. The molecule has 1 rings (SSSR count). The minimum Gasteiger partial charge on any atom is -0.314 e. The van der Waals surface area contributed by atoms with Crippen molar-refractivity contribution < 1.29 is 0 Å². The summed E-state index contributed by atoms with van der Waals surface area (Å²) < 4.78 is 0. The lowest BCUT2D eigenvalue weighted by Gasteiger charge is -2.28. The zero-order chi connectivity index (χ0) is 13.7. The SMILES string of the molecule is CCNC(Cc1cc(C)cc(C)c1)C(C)C(C)C. The highest BCUT2D eigenvalue weighted by molar-refractivity contribution is 5.29. The van der Waals surface area contributed by atoms with E-state index < -0.39 is 0 Å². The number of rotatable bonds is 6. The van der Waals surface area contributed by atoms with Crippen molar-refractivity contribution in [2.75, 3.05) is 6.54 Å². The van der Waals surface area contributed by atoms with Gasteiger partial charge in [0, 0.05) is 6.04 Å². The van der Waals surface area contributed by atoms with Crippen molar-refractivity contribution in [3.63, 3.8) is 0 Å². The summed E-state index contributed by atoms with van der Waals surface area (Å²) in [5.74, 6) is 1.42. The van der Waals surface area contributed by atoms with Gasteiger partial charge in [0.05, 0.1) is 0 Å². The molecule has 1 heteroatoms. The Bertz CT molecular complexity index is 348. The molecule has 1 aromatic rings. The van der Waals surface area contributed by atoms with Crippen LogP contribution < -0.4 is 5.32 Å². The lowest BCUT2D eigenvalue weighted by atomic mass is 9.86. The molecule has 0 saturated heterocycles. The monoisotopic (exact) mass is 247 g/mol. The summed E-state index contributed by atoms with van der Waals surface area (Å²) in [6.07, 6.45) is 1.13. The summed E-state index contributed by atoms with van der Waals surface area (Å²) in [4.78, 5) is 0. The second-order valence-electron chi connectivity index (χ2n) is 5.97. The average Bonchev–Trinajstić information content (AvgIpc) is 2.26. The van der Waals surface area contributed by atoms with Crippen molar-refractivity contribution in [3.05, 3.63) is 34.9 Å². The molecule has 0 fully saturated rings. The van der Waals surface area contributed by atoms with Gasteiger partial charge in [-0.1, -0.05) is 57.0 Å². The minimum absolute atomic E-state index is 0.580. The maximum absolute atomic E-state index is 3.65. The van der Waals surface area contributed by atoms with Gasteiger partial charge in [0.25, 0.3) is 0 Å². The molecule has 0 amide bonds. The molecule has 0 heterocycles. The van der Waals surface area contributed by atoms with E-state index in [1.165, 1.54) is 16.7 Å². The third-order valence-electron chi connectivity index (χ3n) is 3.89. The molecule has 2 unspecified atom stereocenters. The van der Waals surface area contributed by atoms with Gasteiger partial charge >= 0.3 is 0 Å². The zero-order valence-corrected chi connectivity index (χ0v) is 12.9. The van der Waals surface area contributed by atoms with E-state index in [2.05, 4.69) is 65.1 Å². The van der Waals surface area contributed by atoms with E-state index in [1.54, 1.807) is 0 Å². The van der Waals surface area contributed by atoms with Crippen LogP contribution in [0.25, 0.3) is 0 Å². The van der Waals surface area contributed by atoms with Crippen LogP contribution in [0.1, 0.15) is 44.4 Å². The Morgan fingerprint density at radius 1 is 1.00 bits per heavy atom. The van der Waals surface area contributed by atoms with Gasteiger partial charge in [-0.2, -0.15) is 0 Å². The maximum atomic E-state index is 3.65. The van der Waals surface area contributed by atoms with E-state index in [0.717, 1.165) is 18.9 Å². The fraction of sp³-hybridized carbons (Fsp3) is 0.647. The van der Waals surface area contributed by atoms with E-state index in [0.29, 0.717) is 12.0 Å². The Balaban J connectivity index is 2.82. The number of benzene rings is 1. The fourth-order valence-corrected chi connectivity index (χ4v) is 2.61. The second-order valence-corrected chi connectivity index (χ2v) is 5.97. The molecule has 0 aromatic heterocycles. The highest BCUT2D eigenvalue weighted by Crippen LogP contribution is 2.19. The standard InChI is InChI=1S/C17H29N/c1-7-18-17(15(6)12(2)3)11-16-9-13(4)8-14(5)10-16/h8-10,12,15,17-18H,7,11H2,1-6H3. The lowest BCUT2D eigenvalue weighted by Crippen LogP contribution is -2.39. The Kier molecular flexibility index (Phi) is 5.87. The van der Waals surface area contributed by atoms with Crippen LogP contribution in [0.4, 0.5) is 0 Å². The van der Waals surface area contributed by atoms with E-state index in [9.17, 15) is 0 Å². The molecular weight excluding hydrogens is 218 g/mol. The topological polar surface area (TPSA) is 12.0 Å². The molecule has 102 valence electrons. The van der Waals surface area contributed by atoms with Crippen LogP contribution in [-0.2, 0) is 6.42 Å². The molecule has 1 N–H and O–H groups in total. The van der Waals surface area contributed by atoms with Gasteiger partial charge in [0.15, 0.2) is 0 Å². The van der Waals surface area contributed by atoms with Crippen molar-refractivity contribution in [3.8, 4) is 0 Å². The Hall–Kier alpha value is -0.820. The lowest BCUT2D eigenvalue weighted by molar-refractivity contribution is 0.300. The van der Waals surface area contributed by atoms with Crippen LogP contribution >= 0.6 is 0 Å². The summed E-state index contributed by atoms with van der Waals surface area (Å²) in [5, 5.41) is 3.65. The Morgan fingerprint density at radius 2 is 1.56 bits per heavy atom. The van der Waals surface area contributed by atoms with Gasteiger partial charge in [-0.25, -0.2) is 0 Å². The van der Waals surface area contributed by atoms with Gasteiger partial charge in [-0.3, -0.25) is 0 Å². The van der Waals surface area contributed by atoms with Crippen LogP contribution in [0, 0.1) is 25.7 Å². The largest absolute Gasteiger partial charge is 0.314 e. The smallest absolute Gasteiger partial charge is 0.0135 e. The predicted molar refractivity (Wildman–Crippen MR) is 81.1 cm³/mol. The summed E-state index contributed by atoms with van der Waals surface area (Å²) in [6, 6.07) is 7.48. The predicted octanol–water partition coefficient (Wildman–Crippen LogP) is 4.12. The first kappa shape index (κ1) is 15.2. The molecule has 1 aromatic carbocycles. The van der Waals surface area contributed by atoms with E-state index in [1.807, 2.05) is 0 Å². The molecule has 0 aliphatic carbocycles. The molecule has 0 radical (unpaired) electrons. The minimum atomic E-state index is 0.580. The molecule has 0 spiro atoms. The van der Waals surface area contributed by atoms with Crippen LogP contribution in [0.15, 0.2) is 18.2 Å². The first-order chi connectivity index (χ1) is 8.43. The summed E-state index contributed by atoms with van der Waals surface area (Å²) in [6.45, 7) is 14.6. The van der Waals surface area contributed by atoms with Crippen molar-refractivity contribution in [2.45, 2.75) is 54.0 Å². The molecule has 2 atom stereocenters. The van der Waals surface area contributed by atoms with Crippen LogP contribution in [-0.4, -0.2) is 12.6 Å². The van der Waals surface area contributed by atoms with Crippen molar-refractivity contribution in [1.29, 1.82) is 0 Å². The van der Waals surface area contributed by atoms with Crippen LogP contribution in [0.3, 0.4) is 0 Å². The number of likely N-dealkylation sites (N-methyl/N-ethyl adjacent to an activating group) is 1. The summed E-state index contributed by atoms with van der Waals surface area (Å²) in [5.41, 5.74) is 4.21. The Morgan fingerprint density at radius 3 is 2.00 bits per heavy atom. The van der Waals surface area contributed by atoms with E-state index >= 15 is 0 Å². The molecule has 0 aliphatic heterocycles. The van der Waals surface area contributed by atoms with Crippen LogP contribution in [0.2, 0.25) is 0 Å². The highest BCUT2D eigenvalue weighted by atomic mass is 14.9. The molecule has 0 aliphatic rings. The number of aryl methyl sites for hydroxylation is 2. The van der Waals surface area contributed by atoms with Gasteiger partial charge < -0.3 is 5.32 Å². The highest BCUT2D eigenvalue weighted by Gasteiger charge is 2.19. The summed E-state index contributed by atoms with van der Waals surface area (Å²) >= 11 is 0. The van der Waals surface area contributed by atoms with Gasteiger partial charge in [0.2, 0.25) is 0 Å². The van der Waals surface area contributed by atoms with Gasteiger partial charge in [-0.15, -0.1) is 0 Å². The third-order valence-corrected chi connectivity index (χ3v) is 3.89. The number of hydrogen-bond acceptors (Lipinski definition) is 1. The first-order valence-corrected chi connectivity index (χ1v) is 7.24.